The molecule has 1 aromatic carbocycles. The number of rotatable bonds is 3. The van der Waals surface area contributed by atoms with Gasteiger partial charge in [-0.05, 0) is 24.3 Å². The van der Waals surface area contributed by atoms with Gasteiger partial charge in [-0.1, -0.05) is 23.2 Å². The van der Waals surface area contributed by atoms with Crippen molar-refractivity contribution in [2.45, 2.75) is 0 Å². The number of hydrogen-bond acceptors (Lipinski definition) is 5. The van der Waals surface area contributed by atoms with Gasteiger partial charge in [-0.15, -0.1) is 0 Å². The van der Waals surface area contributed by atoms with Gasteiger partial charge in [-0.25, -0.2) is 19.3 Å². The summed E-state index contributed by atoms with van der Waals surface area (Å²) in [5, 5.41) is 3.02. The molecule has 8 heteroatoms. The molecule has 112 valence electrons. The largest absolute Gasteiger partial charge is 0.495 e. The quantitative estimate of drug-likeness (QED) is 0.724. The molecule has 0 aliphatic rings. The van der Waals surface area contributed by atoms with E-state index in [2.05, 4.69) is 20.3 Å². The highest BCUT2D eigenvalue weighted by atomic mass is 35.5. The van der Waals surface area contributed by atoms with Crippen molar-refractivity contribution in [2.24, 2.45) is 0 Å². The van der Waals surface area contributed by atoms with Crippen molar-refractivity contribution >= 4 is 45.7 Å². The normalized spacial score (nSPS) is 10.7. The predicted molar refractivity (Wildman–Crippen MR) is 83.6 cm³/mol. The van der Waals surface area contributed by atoms with Gasteiger partial charge in [-0.2, -0.15) is 0 Å². The van der Waals surface area contributed by atoms with Gasteiger partial charge in [0.1, 0.15) is 27.8 Å². The summed E-state index contributed by atoms with van der Waals surface area (Å²) < 4.78 is 19.2. The number of hydrogen-bond donors (Lipinski definition) is 1. The van der Waals surface area contributed by atoms with Crippen LogP contribution in [0.2, 0.25) is 10.2 Å². The SMILES string of the molecule is COc1ccc(Nc2ncnc3ccc(Cl)nc23)c(F)c1Cl. The molecule has 1 N–H and O–H groups in total. The molecule has 0 bridgehead atoms. The minimum Gasteiger partial charge on any atom is -0.495 e. The van der Waals surface area contributed by atoms with Gasteiger partial charge < -0.3 is 10.1 Å². The molecule has 2 heterocycles. The summed E-state index contributed by atoms with van der Waals surface area (Å²) in [4.78, 5) is 12.3. The molecule has 0 unspecified atom stereocenters. The first-order valence-corrected chi connectivity index (χ1v) is 6.92. The molecule has 0 amide bonds. The molecule has 0 saturated heterocycles. The maximum absolute atomic E-state index is 14.2. The molecule has 5 nitrogen and oxygen atoms in total. The van der Waals surface area contributed by atoms with E-state index in [0.29, 0.717) is 22.0 Å². The summed E-state index contributed by atoms with van der Waals surface area (Å²) in [5.74, 6) is -0.0686. The Bertz CT molecular complexity index is 860. The molecule has 0 aliphatic heterocycles. The lowest BCUT2D eigenvalue weighted by atomic mass is 10.2. The third-order valence-electron chi connectivity index (χ3n) is 2.97. The van der Waals surface area contributed by atoms with Crippen molar-refractivity contribution in [3.63, 3.8) is 0 Å². The molecule has 0 fully saturated rings. The minimum atomic E-state index is -0.644. The van der Waals surface area contributed by atoms with Crippen LogP contribution in [0, 0.1) is 5.82 Å². The number of nitrogens with one attached hydrogen (secondary N) is 1. The average Bonchev–Trinajstić information content (AvgIpc) is 2.52. The van der Waals surface area contributed by atoms with E-state index in [0.717, 1.165) is 0 Å². The van der Waals surface area contributed by atoms with Crippen LogP contribution in [0.25, 0.3) is 11.0 Å². The molecule has 0 saturated carbocycles. The minimum absolute atomic E-state index is 0.114. The topological polar surface area (TPSA) is 59.9 Å². The number of benzene rings is 1. The third kappa shape index (κ3) is 2.63. The molecule has 3 rings (SSSR count). The van der Waals surface area contributed by atoms with E-state index in [1.54, 1.807) is 18.2 Å². The first-order chi connectivity index (χ1) is 10.6. The van der Waals surface area contributed by atoms with E-state index in [4.69, 9.17) is 27.9 Å². The maximum Gasteiger partial charge on any atom is 0.169 e. The van der Waals surface area contributed by atoms with Gasteiger partial charge in [0.15, 0.2) is 11.6 Å². The second kappa shape index (κ2) is 5.90. The Balaban J connectivity index is 2.07. The molecular weight excluding hydrogens is 330 g/mol. The summed E-state index contributed by atoms with van der Waals surface area (Å²) in [6.45, 7) is 0. The molecule has 0 spiro atoms. The number of anilines is 2. The fourth-order valence-electron chi connectivity index (χ4n) is 1.92. The summed E-state index contributed by atoms with van der Waals surface area (Å²) in [7, 11) is 1.41. The van der Waals surface area contributed by atoms with Crippen LogP contribution in [0.1, 0.15) is 0 Å². The predicted octanol–water partition coefficient (Wildman–Crippen LogP) is 4.22. The first-order valence-electron chi connectivity index (χ1n) is 6.16. The number of pyridine rings is 1. The standard InChI is InChI=1S/C14H9Cl2FN4O/c1-22-9-4-2-7(12(17)11(9)16)20-14-13-8(18-6-19-14)3-5-10(15)21-13/h2-6H,1H3,(H,18,19,20). The lowest BCUT2D eigenvalue weighted by Gasteiger charge is -2.11. The Morgan fingerprint density at radius 1 is 1.14 bits per heavy atom. The van der Waals surface area contributed by atoms with Crippen LogP contribution in [-0.2, 0) is 0 Å². The lowest BCUT2D eigenvalue weighted by molar-refractivity contribution is 0.412. The third-order valence-corrected chi connectivity index (χ3v) is 3.53. The van der Waals surface area contributed by atoms with Crippen LogP contribution in [0.5, 0.6) is 5.75 Å². The average molecular weight is 339 g/mol. The highest BCUT2D eigenvalue weighted by Gasteiger charge is 2.14. The van der Waals surface area contributed by atoms with Gasteiger partial charge >= 0.3 is 0 Å². The Kier molecular flexibility index (Phi) is 3.96. The van der Waals surface area contributed by atoms with Crippen molar-refractivity contribution in [3.05, 3.63) is 46.6 Å². The van der Waals surface area contributed by atoms with E-state index < -0.39 is 5.82 Å². The van der Waals surface area contributed by atoms with Gasteiger partial charge in [0.2, 0.25) is 0 Å². The van der Waals surface area contributed by atoms with Crippen molar-refractivity contribution in [1.29, 1.82) is 0 Å². The van der Waals surface area contributed by atoms with E-state index in [9.17, 15) is 4.39 Å². The van der Waals surface area contributed by atoms with Crippen molar-refractivity contribution < 1.29 is 9.13 Å². The number of fused-ring (bicyclic) bond motifs is 1. The van der Waals surface area contributed by atoms with Crippen LogP contribution in [-0.4, -0.2) is 22.1 Å². The molecule has 22 heavy (non-hydrogen) atoms. The fourth-order valence-corrected chi connectivity index (χ4v) is 2.31. The van der Waals surface area contributed by atoms with Gasteiger partial charge in [0.25, 0.3) is 0 Å². The van der Waals surface area contributed by atoms with Crippen LogP contribution >= 0.6 is 23.2 Å². The van der Waals surface area contributed by atoms with Crippen molar-refractivity contribution in [3.8, 4) is 5.75 Å². The summed E-state index contributed by atoms with van der Waals surface area (Å²) in [6.07, 6.45) is 1.35. The van der Waals surface area contributed by atoms with Crippen molar-refractivity contribution in [2.75, 3.05) is 12.4 Å². The second-order valence-electron chi connectivity index (χ2n) is 4.29. The Morgan fingerprint density at radius 3 is 2.73 bits per heavy atom. The van der Waals surface area contributed by atoms with Crippen molar-refractivity contribution in [1.82, 2.24) is 15.0 Å². The fraction of sp³-hybridized carbons (Fsp3) is 0.0714. The maximum atomic E-state index is 14.2. The molecule has 0 aliphatic carbocycles. The number of halogens is 3. The van der Waals surface area contributed by atoms with E-state index in [1.165, 1.54) is 19.5 Å². The second-order valence-corrected chi connectivity index (χ2v) is 5.06. The monoisotopic (exact) mass is 338 g/mol. The van der Waals surface area contributed by atoms with Crippen LogP contribution in [0.4, 0.5) is 15.9 Å². The molecular formula is C14H9Cl2FN4O. The zero-order valence-corrected chi connectivity index (χ0v) is 12.8. The number of ether oxygens (including phenoxy) is 1. The number of methoxy groups -OCH3 is 1. The molecule has 2 aromatic heterocycles. The van der Waals surface area contributed by atoms with E-state index >= 15 is 0 Å². The zero-order valence-electron chi connectivity index (χ0n) is 11.3. The smallest absolute Gasteiger partial charge is 0.169 e. The molecule has 0 radical (unpaired) electrons. The summed E-state index contributed by atoms with van der Waals surface area (Å²) >= 11 is 11.8. The van der Waals surface area contributed by atoms with Gasteiger partial charge in [0, 0.05) is 0 Å². The summed E-state index contributed by atoms with van der Waals surface area (Å²) in [6, 6.07) is 6.37. The van der Waals surface area contributed by atoms with E-state index in [-0.39, 0.29) is 16.5 Å². The Labute approximate surface area is 135 Å². The first kappa shape index (κ1) is 14.7. The molecule has 3 aromatic rings. The molecule has 0 atom stereocenters. The number of aromatic nitrogens is 3. The highest BCUT2D eigenvalue weighted by molar-refractivity contribution is 6.32. The van der Waals surface area contributed by atoms with Crippen LogP contribution < -0.4 is 10.1 Å². The zero-order chi connectivity index (χ0) is 15.7. The van der Waals surface area contributed by atoms with Crippen LogP contribution in [0.3, 0.4) is 0 Å². The van der Waals surface area contributed by atoms with Gasteiger partial charge in [0.05, 0.1) is 18.3 Å². The summed E-state index contributed by atoms with van der Waals surface area (Å²) in [5.41, 5.74) is 1.16. The van der Waals surface area contributed by atoms with Gasteiger partial charge in [-0.3, -0.25) is 0 Å². The Morgan fingerprint density at radius 2 is 1.95 bits per heavy atom. The van der Waals surface area contributed by atoms with Crippen LogP contribution in [0.15, 0.2) is 30.6 Å². The Hall–Kier alpha value is -2.18. The highest BCUT2D eigenvalue weighted by Crippen LogP contribution is 2.33. The van der Waals surface area contributed by atoms with E-state index in [1.807, 2.05) is 0 Å². The lowest BCUT2D eigenvalue weighted by Crippen LogP contribution is -2.00. The number of nitrogens with zero attached hydrogens (tertiary/aromatic N) is 3.